The lowest BCUT2D eigenvalue weighted by molar-refractivity contribution is -0.137. The third kappa shape index (κ3) is 3.85. The Balaban J connectivity index is 1.58. The maximum absolute atomic E-state index is 12.7. The number of aromatic nitrogens is 1. The minimum absolute atomic E-state index is 0.0569. The topological polar surface area (TPSA) is 62.7 Å². The Kier molecular flexibility index (Phi) is 4.57. The summed E-state index contributed by atoms with van der Waals surface area (Å²) in [6.07, 6.45) is -3.10. The quantitative estimate of drug-likeness (QED) is 0.824. The van der Waals surface area contributed by atoms with Gasteiger partial charge in [0, 0.05) is 45.2 Å². The Bertz CT molecular complexity index is 680. The number of hydrogen-bond acceptors (Lipinski definition) is 4. The average Bonchev–Trinajstić information content (AvgIpc) is 3.13. The van der Waals surface area contributed by atoms with Crippen molar-refractivity contribution in [2.45, 2.75) is 25.1 Å². The van der Waals surface area contributed by atoms with Gasteiger partial charge in [0.05, 0.1) is 18.0 Å². The molecule has 0 bridgehead atoms. The molecule has 2 saturated heterocycles. The van der Waals surface area contributed by atoms with Crippen LogP contribution in [0.15, 0.2) is 18.3 Å². The lowest BCUT2D eigenvalue weighted by Crippen LogP contribution is -2.36. The van der Waals surface area contributed by atoms with Crippen LogP contribution in [0.25, 0.3) is 0 Å². The molecule has 25 heavy (non-hydrogen) atoms. The Hall–Kier alpha value is -2.32. The largest absolute Gasteiger partial charge is 0.472 e. The van der Waals surface area contributed by atoms with E-state index in [1.807, 2.05) is 0 Å². The maximum Gasteiger partial charge on any atom is 0.416 e. The Morgan fingerprint density at radius 2 is 2.12 bits per heavy atom. The van der Waals surface area contributed by atoms with Crippen molar-refractivity contribution in [3.05, 3.63) is 23.9 Å². The standard InChI is InChI=1S/C16H18F3N3O3/c1-21-8-10(6-14(21)23)15(24)22-5-3-12(9-22)25-13-7-11(2-4-20-13)16(17,18)19/h2,4,7,10,12H,3,5-6,8-9H2,1H3. The van der Waals surface area contributed by atoms with Crippen LogP contribution in [-0.4, -0.2) is 59.4 Å². The molecule has 0 aromatic carbocycles. The number of alkyl halides is 3. The molecule has 0 spiro atoms. The summed E-state index contributed by atoms with van der Waals surface area (Å²) in [5, 5.41) is 0. The predicted molar refractivity (Wildman–Crippen MR) is 80.6 cm³/mol. The van der Waals surface area contributed by atoms with Gasteiger partial charge in [-0.05, 0) is 6.07 Å². The monoisotopic (exact) mass is 357 g/mol. The molecule has 2 atom stereocenters. The first-order valence-corrected chi connectivity index (χ1v) is 7.96. The minimum atomic E-state index is -4.46. The molecule has 2 amide bonds. The summed E-state index contributed by atoms with van der Waals surface area (Å²) in [5.74, 6) is -0.632. The molecular formula is C16H18F3N3O3. The highest BCUT2D eigenvalue weighted by atomic mass is 19.4. The Labute approximate surface area is 142 Å². The van der Waals surface area contributed by atoms with Gasteiger partial charge in [-0.2, -0.15) is 13.2 Å². The van der Waals surface area contributed by atoms with Crippen LogP contribution < -0.4 is 4.74 Å². The van der Waals surface area contributed by atoms with E-state index in [2.05, 4.69) is 4.98 Å². The van der Waals surface area contributed by atoms with E-state index in [1.54, 1.807) is 11.9 Å². The maximum atomic E-state index is 12.7. The van der Waals surface area contributed by atoms with Gasteiger partial charge in [-0.25, -0.2) is 4.98 Å². The molecule has 9 heteroatoms. The summed E-state index contributed by atoms with van der Waals surface area (Å²) in [6.45, 7) is 1.14. The van der Waals surface area contributed by atoms with Crippen molar-refractivity contribution in [1.29, 1.82) is 0 Å². The second-order valence-corrected chi connectivity index (χ2v) is 6.37. The molecule has 136 valence electrons. The number of amides is 2. The van der Waals surface area contributed by atoms with E-state index in [4.69, 9.17) is 4.74 Å². The molecule has 0 N–H and O–H groups in total. The molecule has 0 aliphatic carbocycles. The normalized spacial score (nSPS) is 24.1. The van der Waals surface area contributed by atoms with Crippen LogP contribution in [0.2, 0.25) is 0 Å². The van der Waals surface area contributed by atoms with Crippen molar-refractivity contribution in [2.24, 2.45) is 5.92 Å². The first-order chi connectivity index (χ1) is 11.7. The fourth-order valence-corrected chi connectivity index (χ4v) is 3.13. The molecule has 2 aliphatic rings. The molecule has 2 fully saturated rings. The summed E-state index contributed by atoms with van der Waals surface area (Å²) in [6, 6.07) is 1.74. The van der Waals surface area contributed by atoms with Crippen molar-refractivity contribution in [2.75, 3.05) is 26.7 Å². The molecule has 3 heterocycles. The van der Waals surface area contributed by atoms with E-state index in [0.717, 1.165) is 18.3 Å². The zero-order valence-electron chi connectivity index (χ0n) is 13.6. The summed E-state index contributed by atoms with van der Waals surface area (Å²) >= 11 is 0. The van der Waals surface area contributed by atoms with Crippen LogP contribution in [0, 0.1) is 5.92 Å². The van der Waals surface area contributed by atoms with Crippen molar-refractivity contribution < 1.29 is 27.5 Å². The van der Waals surface area contributed by atoms with Gasteiger partial charge < -0.3 is 14.5 Å². The van der Waals surface area contributed by atoms with Crippen molar-refractivity contribution in [3.8, 4) is 5.88 Å². The van der Waals surface area contributed by atoms with Crippen LogP contribution in [0.1, 0.15) is 18.4 Å². The fourth-order valence-electron chi connectivity index (χ4n) is 3.13. The Morgan fingerprint density at radius 3 is 2.76 bits per heavy atom. The summed E-state index contributed by atoms with van der Waals surface area (Å²) in [5.41, 5.74) is -0.823. The lowest BCUT2D eigenvalue weighted by atomic mass is 10.1. The number of pyridine rings is 1. The van der Waals surface area contributed by atoms with Gasteiger partial charge in [-0.15, -0.1) is 0 Å². The zero-order valence-corrected chi connectivity index (χ0v) is 13.6. The predicted octanol–water partition coefficient (Wildman–Crippen LogP) is 1.56. The number of carbonyl (C=O) groups is 2. The molecular weight excluding hydrogens is 339 g/mol. The lowest BCUT2D eigenvalue weighted by Gasteiger charge is -2.20. The van der Waals surface area contributed by atoms with E-state index in [0.29, 0.717) is 19.5 Å². The van der Waals surface area contributed by atoms with Crippen molar-refractivity contribution in [1.82, 2.24) is 14.8 Å². The number of halogens is 3. The number of hydrogen-bond donors (Lipinski definition) is 0. The highest BCUT2D eigenvalue weighted by Gasteiger charge is 2.38. The summed E-state index contributed by atoms with van der Waals surface area (Å²) in [4.78, 5) is 30.9. The molecule has 2 aliphatic heterocycles. The molecule has 2 unspecified atom stereocenters. The van der Waals surface area contributed by atoms with Gasteiger partial charge >= 0.3 is 6.18 Å². The third-order valence-electron chi connectivity index (χ3n) is 4.50. The zero-order chi connectivity index (χ0) is 18.2. The van der Waals surface area contributed by atoms with Crippen LogP contribution in [0.4, 0.5) is 13.2 Å². The second-order valence-electron chi connectivity index (χ2n) is 6.37. The van der Waals surface area contributed by atoms with E-state index in [1.165, 1.54) is 4.90 Å². The Morgan fingerprint density at radius 1 is 1.36 bits per heavy atom. The molecule has 0 radical (unpaired) electrons. The average molecular weight is 357 g/mol. The van der Waals surface area contributed by atoms with Crippen molar-refractivity contribution in [3.63, 3.8) is 0 Å². The molecule has 6 nitrogen and oxygen atoms in total. The molecule has 1 aromatic heterocycles. The van der Waals surface area contributed by atoms with Crippen LogP contribution in [0.5, 0.6) is 5.88 Å². The highest BCUT2D eigenvalue weighted by molar-refractivity contribution is 5.89. The fraction of sp³-hybridized carbons (Fsp3) is 0.562. The van der Waals surface area contributed by atoms with E-state index >= 15 is 0 Å². The van der Waals surface area contributed by atoms with Crippen LogP contribution in [0.3, 0.4) is 0 Å². The molecule has 1 aromatic rings. The van der Waals surface area contributed by atoms with Gasteiger partial charge in [-0.3, -0.25) is 9.59 Å². The van der Waals surface area contributed by atoms with Gasteiger partial charge in [0.1, 0.15) is 6.10 Å². The summed E-state index contributed by atoms with van der Waals surface area (Å²) in [7, 11) is 1.66. The number of rotatable bonds is 3. The van der Waals surface area contributed by atoms with Crippen LogP contribution in [-0.2, 0) is 15.8 Å². The molecule has 0 saturated carbocycles. The van der Waals surface area contributed by atoms with Gasteiger partial charge in [-0.1, -0.05) is 0 Å². The first-order valence-electron chi connectivity index (χ1n) is 7.96. The van der Waals surface area contributed by atoms with Gasteiger partial charge in [0.15, 0.2) is 0 Å². The third-order valence-corrected chi connectivity index (χ3v) is 4.50. The highest BCUT2D eigenvalue weighted by Crippen LogP contribution is 2.31. The second kappa shape index (κ2) is 6.53. The SMILES string of the molecule is CN1CC(C(=O)N2CCC(Oc3cc(C(F)(F)F)ccn3)C2)CC1=O. The number of nitrogens with zero attached hydrogens (tertiary/aromatic N) is 3. The minimum Gasteiger partial charge on any atom is -0.472 e. The molecule has 3 rings (SSSR count). The number of likely N-dealkylation sites (tertiary alicyclic amines) is 2. The van der Waals surface area contributed by atoms with E-state index < -0.39 is 17.8 Å². The number of ether oxygens (including phenoxy) is 1. The van der Waals surface area contributed by atoms with Gasteiger partial charge in [0.2, 0.25) is 17.7 Å². The summed E-state index contributed by atoms with van der Waals surface area (Å²) < 4.78 is 43.7. The van der Waals surface area contributed by atoms with Crippen LogP contribution >= 0.6 is 0 Å². The van der Waals surface area contributed by atoms with E-state index in [-0.39, 0.29) is 36.6 Å². The van der Waals surface area contributed by atoms with E-state index in [9.17, 15) is 22.8 Å². The van der Waals surface area contributed by atoms with Gasteiger partial charge in [0.25, 0.3) is 0 Å². The smallest absolute Gasteiger partial charge is 0.416 e. The number of carbonyl (C=O) groups excluding carboxylic acids is 2. The first kappa shape index (κ1) is 17.5. The van der Waals surface area contributed by atoms with Crippen molar-refractivity contribution >= 4 is 11.8 Å².